The highest BCUT2D eigenvalue weighted by molar-refractivity contribution is 7.14. The molecule has 0 fully saturated rings. The zero-order valence-corrected chi connectivity index (χ0v) is 9.36. The van der Waals surface area contributed by atoms with Crippen LogP contribution < -0.4 is 5.73 Å². The number of thiophene rings is 1. The van der Waals surface area contributed by atoms with Crippen molar-refractivity contribution in [2.45, 2.75) is 20.0 Å². The molecule has 0 aromatic carbocycles. The number of ether oxygens (including phenoxy) is 2. The lowest BCUT2D eigenvalue weighted by atomic mass is 10.1. The molecule has 1 aromatic rings. The molecule has 15 heavy (non-hydrogen) atoms. The third-order valence-corrected chi connectivity index (χ3v) is 3.60. The molecule has 1 aliphatic rings. The van der Waals surface area contributed by atoms with Crippen molar-refractivity contribution in [2.24, 2.45) is 0 Å². The van der Waals surface area contributed by atoms with E-state index in [1.54, 1.807) is 6.92 Å². The molecular weight excluding hydrogens is 214 g/mol. The Hall–Kier alpha value is -1.07. The van der Waals surface area contributed by atoms with Gasteiger partial charge in [-0.2, -0.15) is 0 Å². The van der Waals surface area contributed by atoms with Gasteiger partial charge in [0.2, 0.25) is 0 Å². The third-order valence-electron chi connectivity index (χ3n) is 2.31. The SMILES string of the molecule is CCOC(=O)c1sc2c(c1N)COCC2. The summed E-state index contributed by atoms with van der Waals surface area (Å²) >= 11 is 1.43. The van der Waals surface area contributed by atoms with Crippen LogP contribution in [-0.4, -0.2) is 19.2 Å². The van der Waals surface area contributed by atoms with Crippen LogP contribution in [0.2, 0.25) is 0 Å². The lowest BCUT2D eigenvalue weighted by Crippen LogP contribution is -2.09. The van der Waals surface area contributed by atoms with Crippen LogP contribution in [0.4, 0.5) is 5.69 Å². The molecule has 2 rings (SSSR count). The summed E-state index contributed by atoms with van der Waals surface area (Å²) in [6.45, 7) is 3.37. The smallest absolute Gasteiger partial charge is 0.350 e. The van der Waals surface area contributed by atoms with Gasteiger partial charge >= 0.3 is 5.97 Å². The van der Waals surface area contributed by atoms with Crippen LogP contribution in [0.3, 0.4) is 0 Å². The first-order valence-electron chi connectivity index (χ1n) is 4.89. The Morgan fingerprint density at radius 3 is 3.13 bits per heavy atom. The Kier molecular flexibility index (Phi) is 2.93. The van der Waals surface area contributed by atoms with Crippen molar-refractivity contribution in [1.29, 1.82) is 0 Å². The van der Waals surface area contributed by atoms with Gasteiger partial charge in [-0.15, -0.1) is 11.3 Å². The molecule has 0 unspecified atom stereocenters. The fourth-order valence-corrected chi connectivity index (χ4v) is 2.67. The molecule has 2 heterocycles. The molecule has 0 aliphatic carbocycles. The number of carbonyl (C=O) groups excluding carboxylic acids is 1. The fraction of sp³-hybridized carbons (Fsp3) is 0.500. The second-order valence-corrected chi connectivity index (χ2v) is 4.37. The van der Waals surface area contributed by atoms with E-state index in [4.69, 9.17) is 15.2 Å². The molecule has 0 saturated heterocycles. The van der Waals surface area contributed by atoms with Crippen LogP contribution in [0.5, 0.6) is 0 Å². The van der Waals surface area contributed by atoms with E-state index >= 15 is 0 Å². The van der Waals surface area contributed by atoms with E-state index in [9.17, 15) is 4.79 Å². The zero-order valence-electron chi connectivity index (χ0n) is 8.54. The summed E-state index contributed by atoms with van der Waals surface area (Å²) in [7, 11) is 0. The molecule has 0 bridgehead atoms. The quantitative estimate of drug-likeness (QED) is 0.779. The van der Waals surface area contributed by atoms with Crippen LogP contribution in [0.1, 0.15) is 27.0 Å². The lowest BCUT2D eigenvalue weighted by molar-refractivity contribution is 0.0533. The van der Waals surface area contributed by atoms with Gasteiger partial charge in [-0.1, -0.05) is 0 Å². The minimum Gasteiger partial charge on any atom is -0.462 e. The summed E-state index contributed by atoms with van der Waals surface area (Å²) in [5.74, 6) is -0.325. The molecule has 5 heteroatoms. The zero-order chi connectivity index (χ0) is 10.8. The van der Waals surface area contributed by atoms with Gasteiger partial charge in [0.1, 0.15) is 4.88 Å². The standard InChI is InChI=1S/C10H13NO3S/c1-2-14-10(12)9-8(11)6-5-13-4-3-7(6)15-9/h2-5,11H2,1H3. The minimum absolute atomic E-state index is 0.325. The molecule has 0 amide bonds. The van der Waals surface area contributed by atoms with Gasteiger partial charge in [0.15, 0.2) is 0 Å². The van der Waals surface area contributed by atoms with Crippen molar-refractivity contribution < 1.29 is 14.3 Å². The van der Waals surface area contributed by atoms with Crippen LogP contribution in [0.15, 0.2) is 0 Å². The van der Waals surface area contributed by atoms with Crippen molar-refractivity contribution in [3.8, 4) is 0 Å². The van der Waals surface area contributed by atoms with Gasteiger partial charge in [0.05, 0.1) is 25.5 Å². The van der Waals surface area contributed by atoms with Gasteiger partial charge in [-0.25, -0.2) is 4.79 Å². The number of hydrogen-bond donors (Lipinski definition) is 1. The van der Waals surface area contributed by atoms with E-state index in [-0.39, 0.29) is 5.97 Å². The highest BCUT2D eigenvalue weighted by Crippen LogP contribution is 2.34. The van der Waals surface area contributed by atoms with Crippen LogP contribution in [0, 0.1) is 0 Å². The average molecular weight is 227 g/mol. The summed E-state index contributed by atoms with van der Waals surface area (Å²) in [5, 5.41) is 0. The Balaban J connectivity index is 2.32. The monoisotopic (exact) mass is 227 g/mol. The van der Waals surface area contributed by atoms with E-state index < -0.39 is 0 Å². The van der Waals surface area contributed by atoms with Gasteiger partial charge in [0.25, 0.3) is 0 Å². The summed E-state index contributed by atoms with van der Waals surface area (Å²) in [4.78, 5) is 13.2. The normalized spacial score (nSPS) is 14.7. The van der Waals surface area contributed by atoms with Gasteiger partial charge < -0.3 is 15.2 Å². The molecule has 1 aliphatic heterocycles. The van der Waals surface area contributed by atoms with Crippen LogP contribution in [-0.2, 0) is 22.5 Å². The largest absolute Gasteiger partial charge is 0.462 e. The molecule has 0 radical (unpaired) electrons. The fourth-order valence-electron chi connectivity index (χ4n) is 1.57. The van der Waals surface area contributed by atoms with Crippen molar-refractivity contribution >= 4 is 23.0 Å². The van der Waals surface area contributed by atoms with Crippen molar-refractivity contribution in [1.82, 2.24) is 0 Å². The minimum atomic E-state index is -0.325. The lowest BCUT2D eigenvalue weighted by Gasteiger charge is -2.11. The number of nitrogens with two attached hydrogens (primary N) is 1. The van der Waals surface area contributed by atoms with Crippen molar-refractivity contribution in [2.75, 3.05) is 18.9 Å². The number of anilines is 1. The van der Waals surface area contributed by atoms with Gasteiger partial charge in [-0.3, -0.25) is 0 Å². The van der Waals surface area contributed by atoms with E-state index in [1.165, 1.54) is 11.3 Å². The van der Waals surface area contributed by atoms with E-state index in [2.05, 4.69) is 0 Å². The first kappa shape index (κ1) is 10.4. The first-order chi connectivity index (χ1) is 7.24. The predicted molar refractivity (Wildman–Crippen MR) is 58.0 cm³/mol. The number of rotatable bonds is 2. The maximum absolute atomic E-state index is 11.6. The summed E-state index contributed by atoms with van der Waals surface area (Å²) in [6.07, 6.45) is 0.837. The average Bonchev–Trinajstić information content (AvgIpc) is 2.57. The third kappa shape index (κ3) is 1.85. The first-order valence-corrected chi connectivity index (χ1v) is 5.70. The number of esters is 1. The maximum atomic E-state index is 11.6. The Morgan fingerprint density at radius 2 is 2.47 bits per heavy atom. The number of fused-ring (bicyclic) bond motifs is 1. The highest BCUT2D eigenvalue weighted by Gasteiger charge is 2.23. The molecule has 1 aromatic heterocycles. The maximum Gasteiger partial charge on any atom is 0.350 e. The summed E-state index contributed by atoms with van der Waals surface area (Å²) < 4.78 is 10.2. The second kappa shape index (κ2) is 4.20. The number of hydrogen-bond acceptors (Lipinski definition) is 5. The molecular formula is C10H13NO3S. The molecule has 0 atom stereocenters. The predicted octanol–water partition coefficient (Wildman–Crippen LogP) is 1.58. The van der Waals surface area contributed by atoms with Crippen molar-refractivity contribution in [3.05, 3.63) is 15.3 Å². The van der Waals surface area contributed by atoms with Gasteiger partial charge in [-0.05, 0) is 6.92 Å². The topological polar surface area (TPSA) is 61.5 Å². The summed E-state index contributed by atoms with van der Waals surface area (Å²) in [6, 6.07) is 0. The van der Waals surface area contributed by atoms with Gasteiger partial charge in [0, 0.05) is 16.9 Å². The van der Waals surface area contributed by atoms with Crippen LogP contribution >= 0.6 is 11.3 Å². The van der Waals surface area contributed by atoms with E-state index in [0.717, 1.165) is 16.9 Å². The number of carbonyl (C=O) groups is 1. The molecule has 82 valence electrons. The van der Waals surface area contributed by atoms with E-state index in [1.807, 2.05) is 0 Å². The summed E-state index contributed by atoms with van der Waals surface area (Å²) in [5.41, 5.74) is 7.39. The molecule has 4 nitrogen and oxygen atoms in total. The number of nitrogen functional groups attached to an aromatic ring is 1. The Bertz CT molecular complexity index is 386. The Morgan fingerprint density at radius 1 is 1.67 bits per heavy atom. The van der Waals surface area contributed by atoms with Crippen molar-refractivity contribution in [3.63, 3.8) is 0 Å². The highest BCUT2D eigenvalue weighted by atomic mass is 32.1. The van der Waals surface area contributed by atoms with E-state index in [0.29, 0.717) is 30.4 Å². The Labute approximate surface area is 92.0 Å². The van der Waals surface area contributed by atoms with Crippen LogP contribution in [0.25, 0.3) is 0 Å². The molecule has 2 N–H and O–H groups in total. The molecule has 0 saturated carbocycles. The second-order valence-electron chi connectivity index (χ2n) is 3.27. The molecule has 0 spiro atoms.